The van der Waals surface area contributed by atoms with Gasteiger partial charge in [0, 0.05) is 38.3 Å². The molecular weight excluding hydrogens is 436 g/mol. The maximum atomic E-state index is 14.4. The molecule has 0 unspecified atom stereocenters. The zero-order chi connectivity index (χ0) is 22.2. The van der Waals surface area contributed by atoms with Crippen LogP contribution in [0.3, 0.4) is 0 Å². The molecule has 1 N–H and O–H groups in total. The van der Waals surface area contributed by atoms with Crippen molar-refractivity contribution in [2.45, 2.75) is 37.8 Å². The van der Waals surface area contributed by atoms with Crippen LogP contribution in [0.5, 0.6) is 0 Å². The first-order chi connectivity index (χ1) is 15.5. The van der Waals surface area contributed by atoms with Crippen LogP contribution >= 0.6 is 11.6 Å². The number of fused-ring (bicyclic) bond motifs is 1. The Morgan fingerprint density at radius 3 is 2.38 bits per heavy atom. The average molecular weight is 462 g/mol. The van der Waals surface area contributed by atoms with Gasteiger partial charge in [-0.25, -0.2) is 13.8 Å². The number of nitrogens with one attached hydrogen (secondary N) is 1. The Labute approximate surface area is 190 Å². The minimum absolute atomic E-state index is 0.0517. The number of benzene rings is 1. The number of rotatable bonds is 4. The molecule has 170 valence electrons. The molecule has 32 heavy (non-hydrogen) atoms. The summed E-state index contributed by atoms with van der Waals surface area (Å²) in [5, 5.41) is 7.99. The van der Waals surface area contributed by atoms with Gasteiger partial charge in [-0.05, 0) is 44.9 Å². The normalized spacial score (nSPS) is 23.0. The van der Waals surface area contributed by atoms with Gasteiger partial charge in [0.05, 0.1) is 11.8 Å². The van der Waals surface area contributed by atoms with E-state index in [1.807, 2.05) is 0 Å². The standard InChI is InChI=1S/C22H26ClF2N7/c1-30-9-11-31(12-10-30)15-7-5-14(6-8-15)27-22-29-20(19-17(24)3-2-4-18(19)25)28-21-16(23)13-26-32(21)22/h2-4,13-15H,5-12H2,1H3,(H,27,28,29). The monoisotopic (exact) mass is 461 g/mol. The lowest BCUT2D eigenvalue weighted by molar-refractivity contribution is 0.0893. The number of likely N-dealkylation sites (N-methyl/N-ethyl adjacent to an activating group) is 1. The number of piperazine rings is 1. The van der Waals surface area contributed by atoms with Crippen molar-refractivity contribution in [1.82, 2.24) is 29.4 Å². The highest BCUT2D eigenvalue weighted by Crippen LogP contribution is 2.29. The van der Waals surface area contributed by atoms with E-state index < -0.39 is 11.6 Å². The van der Waals surface area contributed by atoms with Crippen molar-refractivity contribution in [3.8, 4) is 11.4 Å². The van der Waals surface area contributed by atoms with Gasteiger partial charge in [0.1, 0.15) is 16.7 Å². The molecule has 1 saturated carbocycles. The topological polar surface area (TPSA) is 61.6 Å². The first kappa shape index (κ1) is 21.5. The van der Waals surface area contributed by atoms with Crippen LogP contribution in [0.25, 0.3) is 17.0 Å². The third-order valence-electron chi connectivity index (χ3n) is 6.60. The molecule has 2 fully saturated rings. The van der Waals surface area contributed by atoms with E-state index >= 15 is 0 Å². The van der Waals surface area contributed by atoms with Gasteiger partial charge < -0.3 is 10.2 Å². The predicted octanol–water partition coefficient (Wildman–Crippen LogP) is 3.69. The molecule has 1 aliphatic heterocycles. The molecule has 1 saturated heterocycles. The molecule has 3 heterocycles. The highest BCUT2D eigenvalue weighted by molar-refractivity contribution is 6.33. The Morgan fingerprint density at radius 1 is 1.00 bits per heavy atom. The highest BCUT2D eigenvalue weighted by Gasteiger charge is 2.28. The summed E-state index contributed by atoms with van der Waals surface area (Å²) in [6.07, 6.45) is 5.64. The Kier molecular flexibility index (Phi) is 5.96. The van der Waals surface area contributed by atoms with Crippen LogP contribution in [0.4, 0.5) is 14.7 Å². The van der Waals surface area contributed by atoms with Crippen LogP contribution in [-0.2, 0) is 0 Å². The fourth-order valence-electron chi connectivity index (χ4n) is 4.72. The van der Waals surface area contributed by atoms with Gasteiger partial charge >= 0.3 is 0 Å². The Bertz CT molecular complexity index is 1080. The maximum absolute atomic E-state index is 14.4. The fourth-order valence-corrected chi connectivity index (χ4v) is 4.89. The molecule has 5 rings (SSSR count). The number of hydrogen-bond donors (Lipinski definition) is 1. The Hall–Kier alpha value is -2.36. The molecule has 0 bridgehead atoms. The van der Waals surface area contributed by atoms with Crippen molar-refractivity contribution in [1.29, 1.82) is 0 Å². The summed E-state index contributed by atoms with van der Waals surface area (Å²) >= 11 is 6.24. The van der Waals surface area contributed by atoms with E-state index in [0.29, 0.717) is 22.7 Å². The molecule has 0 radical (unpaired) electrons. The number of nitrogens with zero attached hydrogens (tertiary/aromatic N) is 6. The van der Waals surface area contributed by atoms with Crippen LogP contribution in [0.15, 0.2) is 24.4 Å². The minimum atomic E-state index is -0.719. The van der Waals surface area contributed by atoms with Crippen molar-refractivity contribution >= 4 is 23.2 Å². The smallest absolute Gasteiger partial charge is 0.228 e. The number of aromatic nitrogens is 4. The lowest BCUT2D eigenvalue weighted by Gasteiger charge is -2.41. The number of hydrogen-bond acceptors (Lipinski definition) is 6. The first-order valence-electron chi connectivity index (χ1n) is 11.0. The molecule has 10 heteroatoms. The van der Waals surface area contributed by atoms with Crippen molar-refractivity contribution in [3.63, 3.8) is 0 Å². The number of anilines is 1. The molecule has 2 aliphatic rings. The van der Waals surface area contributed by atoms with E-state index in [9.17, 15) is 8.78 Å². The first-order valence-corrected chi connectivity index (χ1v) is 11.4. The predicted molar refractivity (Wildman–Crippen MR) is 120 cm³/mol. The number of halogens is 3. The molecular formula is C22H26ClF2N7. The van der Waals surface area contributed by atoms with Crippen LogP contribution in [-0.4, -0.2) is 74.7 Å². The third kappa shape index (κ3) is 4.16. The molecule has 0 spiro atoms. The van der Waals surface area contributed by atoms with Crippen LogP contribution in [0.1, 0.15) is 25.7 Å². The van der Waals surface area contributed by atoms with Gasteiger partial charge in [0.15, 0.2) is 11.5 Å². The zero-order valence-electron chi connectivity index (χ0n) is 17.9. The summed E-state index contributed by atoms with van der Waals surface area (Å²) in [6, 6.07) is 4.50. The lowest BCUT2D eigenvalue weighted by atomic mass is 9.90. The van der Waals surface area contributed by atoms with Gasteiger partial charge in [-0.1, -0.05) is 17.7 Å². The summed E-state index contributed by atoms with van der Waals surface area (Å²) in [4.78, 5) is 13.7. The maximum Gasteiger partial charge on any atom is 0.228 e. The molecule has 0 atom stereocenters. The highest BCUT2D eigenvalue weighted by atomic mass is 35.5. The second-order valence-electron chi connectivity index (χ2n) is 8.68. The molecule has 3 aromatic rings. The summed E-state index contributed by atoms with van der Waals surface area (Å²) < 4.78 is 30.3. The molecule has 7 nitrogen and oxygen atoms in total. The SMILES string of the molecule is CN1CCN(C2CCC(Nc3nc(-c4c(F)cccc4F)nc4c(Cl)cnn34)CC2)CC1. The van der Waals surface area contributed by atoms with Crippen molar-refractivity contribution in [3.05, 3.63) is 41.1 Å². The third-order valence-corrected chi connectivity index (χ3v) is 6.86. The van der Waals surface area contributed by atoms with Crippen LogP contribution in [0, 0.1) is 11.6 Å². The second-order valence-corrected chi connectivity index (χ2v) is 9.09. The van der Waals surface area contributed by atoms with Crippen LogP contribution in [0.2, 0.25) is 5.02 Å². The van der Waals surface area contributed by atoms with E-state index in [2.05, 4.69) is 37.2 Å². The summed E-state index contributed by atoms with van der Waals surface area (Å²) in [6.45, 7) is 4.48. The second kappa shape index (κ2) is 8.88. The van der Waals surface area contributed by atoms with E-state index in [0.717, 1.165) is 51.9 Å². The van der Waals surface area contributed by atoms with Crippen molar-refractivity contribution in [2.75, 3.05) is 38.5 Å². The average Bonchev–Trinajstić information content (AvgIpc) is 3.16. The molecule has 1 aliphatic carbocycles. The lowest BCUT2D eigenvalue weighted by Crippen LogP contribution is -2.50. The summed E-state index contributed by atoms with van der Waals surface area (Å²) in [7, 11) is 2.17. The minimum Gasteiger partial charge on any atom is -0.351 e. The van der Waals surface area contributed by atoms with E-state index in [4.69, 9.17) is 11.6 Å². The quantitative estimate of drug-likeness (QED) is 0.639. The Morgan fingerprint density at radius 2 is 1.69 bits per heavy atom. The molecule has 0 amide bonds. The van der Waals surface area contributed by atoms with E-state index in [1.165, 1.54) is 28.9 Å². The van der Waals surface area contributed by atoms with E-state index in [-0.39, 0.29) is 17.4 Å². The van der Waals surface area contributed by atoms with Crippen molar-refractivity contribution in [2.24, 2.45) is 0 Å². The zero-order valence-corrected chi connectivity index (χ0v) is 18.7. The van der Waals surface area contributed by atoms with Gasteiger partial charge in [-0.2, -0.15) is 14.6 Å². The summed E-state index contributed by atoms with van der Waals surface area (Å²) in [5.41, 5.74) is 0.0435. The largest absolute Gasteiger partial charge is 0.351 e. The summed E-state index contributed by atoms with van der Waals surface area (Å²) in [5.74, 6) is -1.10. The van der Waals surface area contributed by atoms with Gasteiger partial charge in [0.25, 0.3) is 0 Å². The van der Waals surface area contributed by atoms with Gasteiger partial charge in [-0.3, -0.25) is 4.90 Å². The molecule has 2 aromatic heterocycles. The van der Waals surface area contributed by atoms with Crippen LogP contribution < -0.4 is 5.32 Å². The van der Waals surface area contributed by atoms with Crippen molar-refractivity contribution < 1.29 is 8.78 Å². The fraction of sp³-hybridized carbons (Fsp3) is 0.500. The Balaban J connectivity index is 1.37. The van der Waals surface area contributed by atoms with E-state index in [1.54, 1.807) is 0 Å². The van der Waals surface area contributed by atoms with Gasteiger partial charge in [0.2, 0.25) is 5.95 Å². The van der Waals surface area contributed by atoms with Gasteiger partial charge in [-0.15, -0.1) is 0 Å². The molecule has 1 aromatic carbocycles.